The van der Waals surface area contributed by atoms with Crippen molar-refractivity contribution in [3.05, 3.63) is 0 Å². The fourth-order valence-corrected chi connectivity index (χ4v) is 2.40. The third-order valence-electron chi connectivity index (χ3n) is 2.17. The molecule has 1 rings (SSSR count). The van der Waals surface area contributed by atoms with Crippen LogP contribution in [-0.4, -0.2) is 34.9 Å². The summed E-state index contributed by atoms with van der Waals surface area (Å²) in [4.78, 5) is 10.4. The van der Waals surface area contributed by atoms with Crippen LogP contribution in [-0.2, 0) is 9.53 Å². The molecule has 5 heteroatoms. The Morgan fingerprint density at radius 3 is 3.07 bits per heavy atom. The topological polar surface area (TPSA) is 72.5 Å². The van der Waals surface area contributed by atoms with Crippen LogP contribution in [0.1, 0.15) is 25.7 Å². The van der Waals surface area contributed by atoms with E-state index >= 15 is 0 Å². The molecule has 82 valence electrons. The lowest BCUT2D eigenvalue weighted by Crippen LogP contribution is -2.30. The number of nitrogens with two attached hydrogens (primary N) is 1. The van der Waals surface area contributed by atoms with E-state index in [-0.39, 0.29) is 5.44 Å². The van der Waals surface area contributed by atoms with Crippen molar-refractivity contribution < 1.29 is 14.6 Å². The van der Waals surface area contributed by atoms with E-state index < -0.39 is 12.0 Å². The van der Waals surface area contributed by atoms with Crippen LogP contribution in [0.15, 0.2) is 0 Å². The number of hydrogen-bond donors (Lipinski definition) is 2. The lowest BCUT2D eigenvalue weighted by Gasteiger charge is -2.22. The van der Waals surface area contributed by atoms with Crippen LogP contribution in [0.25, 0.3) is 0 Å². The molecule has 0 amide bonds. The Hall–Kier alpha value is -0.260. The first-order chi connectivity index (χ1) is 6.70. The predicted octanol–water partition coefficient (Wildman–Crippen LogP) is 1.05. The number of carboxylic acid groups (broad SMARTS) is 1. The van der Waals surface area contributed by atoms with Crippen LogP contribution in [0.4, 0.5) is 0 Å². The van der Waals surface area contributed by atoms with Gasteiger partial charge in [-0.25, -0.2) is 0 Å². The predicted molar refractivity (Wildman–Crippen MR) is 56.3 cm³/mol. The van der Waals surface area contributed by atoms with Crippen molar-refractivity contribution in [2.75, 3.05) is 12.4 Å². The van der Waals surface area contributed by atoms with Crippen LogP contribution in [0, 0.1) is 0 Å². The van der Waals surface area contributed by atoms with E-state index in [4.69, 9.17) is 15.6 Å². The molecule has 1 aliphatic heterocycles. The Kier molecular flexibility index (Phi) is 5.29. The van der Waals surface area contributed by atoms with Crippen molar-refractivity contribution >= 4 is 17.7 Å². The summed E-state index contributed by atoms with van der Waals surface area (Å²) in [7, 11) is 0. The fourth-order valence-electron chi connectivity index (χ4n) is 1.33. The molecular formula is C9H17NO3S. The highest BCUT2D eigenvalue weighted by Crippen LogP contribution is 2.23. The van der Waals surface area contributed by atoms with E-state index in [0.29, 0.717) is 6.42 Å². The molecule has 0 aromatic rings. The van der Waals surface area contributed by atoms with Crippen LogP contribution >= 0.6 is 11.8 Å². The lowest BCUT2D eigenvalue weighted by atomic mass is 10.1. The summed E-state index contributed by atoms with van der Waals surface area (Å²) in [6, 6.07) is -0.719. The summed E-state index contributed by atoms with van der Waals surface area (Å²) in [5.41, 5.74) is 5.64. The van der Waals surface area contributed by atoms with Gasteiger partial charge in [0.05, 0.1) is 0 Å². The third-order valence-corrected chi connectivity index (χ3v) is 3.44. The van der Waals surface area contributed by atoms with Gasteiger partial charge in [0.15, 0.2) is 0 Å². The van der Waals surface area contributed by atoms with Gasteiger partial charge in [0.25, 0.3) is 0 Å². The molecule has 0 bridgehead atoms. The number of aliphatic carboxylic acids is 1. The van der Waals surface area contributed by atoms with Gasteiger partial charge in [-0.15, -0.1) is 11.8 Å². The van der Waals surface area contributed by atoms with E-state index in [1.807, 2.05) is 11.8 Å². The van der Waals surface area contributed by atoms with Gasteiger partial charge in [-0.05, 0) is 31.4 Å². The summed E-state index contributed by atoms with van der Waals surface area (Å²) in [5, 5.41) is 8.56. The monoisotopic (exact) mass is 219 g/mol. The highest BCUT2D eigenvalue weighted by Gasteiger charge is 2.16. The van der Waals surface area contributed by atoms with Gasteiger partial charge in [0.1, 0.15) is 11.5 Å². The van der Waals surface area contributed by atoms with Gasteiger partial charge in [0, 0.05) is 6.61 Å². The molecule has 4 nitrogen and oxygen atoms in total. The first-order valence-electron chi connectivity index (χ1n) is 4.91. The zero-order valence-electron chi connectivity index (χ0n) is 8.15. The maximum atomic E-state index is 10.4. The largest absolute Gasteiger partial charge is 0.480 e. The van der Waals surface area contributed by atoms with Crippen molar-refractivity contribution in [3.8, 4) is 0 Å². The minimum atomic E-state index is -0.915. The molecule has 1 aliphatic rings. The Bertz CT molecular complexity index is 183. The Morgan fingerprint density at radius 1 is 1.71 bits per heavy atom. The summed E-state index contributed by atoms with van der Waals surface area (Å²) in [6.07, 6.45) is 3.39. The standard InChI is InChI=1S/C9H17NO3S/c10-7(9(11)12)3-1-4-8-13-5-2-6-14-8/h7-8H,1-6,10H2,(H,11,12). The second-order valence-electron chi connectivity index (χ2n) is 3.40. The van der Waals surface area contributed by atoms with E-state index in [2.05, 4.69) is 0 Å². The first kappa shape index (κ1) is 11.8. The zero-order valence-corrected chi connectivity index (χ0v) is 8.96. The number of carboxylic acids is 1. The first-order valence-corrected chi connectivity index (χ1v) is 5.96. The molecule has 2 atom stereocenters. The number of carbonyl (C=O) groups is 1. The lowest BCUT2D eigenvalue weighted by molar-refractivity contribution is -0.138. The van der Waals surface area contributed by atoms with Gasteiger partial charge in [0.2, 0.25) is 0 Å². The summed E-state index contributed by atoms with van der Waals surface area (Å²) < 4.78 is 5.49. The highest BCUT2D eigenvalue weighted by atomic mass is 32.2. The van der Waals surface area contributed by atoms with E-state index in [1.54, 1.807) is 0 Å². The molecule has 0 aromatic heterocycles. The van der Waals surface area contributed by atoms with Crippen molar-refractivity contribution in [2.24, 2.45) is 5.73 Å². The Balaban J connectivity index is 2.05. The zero-order chi connectivity index (χ0) is 10.4. The van der Waals surface area contributed by atoms with Crippen LogP contribution in [0.2, 0.25) is 0 Å². The smallest absolute Gasteiger partial charge is 0.320 e. The van der Waals surface area contributed by atoms with E-state index in [9.17, 15) is 4.79 Å². The quantitative estimate of drug-likeness (QED) is 0.723. The van der Waals surface area contributed by atoms with Crippen molar-refractivity contribution in [1.82, 2.24) is 0 Å². The molecule has 0 radical (unpaired) electrons. The highest BCUT2D eigenvalue weighted by molar-refractivity contribution is 7.99. The van der Waals surface area contributed by atoms with Gasteiger partial charge in [-0.2, -0.15) is 0 Å². The average molecular weight is 219 g/mol. The number of rotatable bonds is 5. The van der Waals surface area contributed by atoms with Crippen molar-refractivity contribution in [1.29, 1.82) is 0 Å². The summed E-state index contributed by atoms with van der Waals surface area (Å²) >= 11 is 1.81. The van der Waals surface area contributed by atoms with Gasteiger partial charge in [-0.3, -0.25) is 4.79 Å². The molecule has 0 saturated carbocycles. The third kappa shape index (κ3) is 4.30. The minimum Gasteiger partial charge on any atom is -0.480 e. The second kappa shape index (κ2) is 6.27. The SMILES string of the molecule is NC(CCCC1OCCCS1)C(=O)O. The average Bonchev–Trinajstić information content (AvgIpc) is 2.19. The van der Waals surface area contributed by atoms with Crippen LogP contribution < -0.4 is 5.73 Å². The molecule has 0 aromatic carbocycles. The van der Waals surface area contributed by atoms with Gasteiger partial charge in [-0.1, -0.05) is 0 Å². The molecule has 3 N–H and O–H groups in total. The number of thioether (sulfide) groups is 1. The molecule has 1 saturated heterocycles. The molecular weight excluding hydrogens is 202 g/mol. The van der Waals surface area contributed by atoms with E-state index in [0.717, 1.165) is 31.6 Å². The summed E-state index contributed by atoms with van der Waals surface area (Å²) in [6.45, 7) is 0.836. The Labute approximate surface area is 88.2 Å². The Morgan fingerprint density at radius 2 is 2.50 bits per heavy atom. The molecule has 0 spiro atoms. The van der Waals surface area contributed by atoms with Crippen LogP contribution in [0.5, 0.6) is 0 Å². The minimum absolute atomic E-state index is 0.254. The molecule has 2 unspecified atom stereocenters. The van der Waals surface area contributed by atoms with Gasteiger partial charge >= 0.3 is 5.97 Å². The van der Waals surface area contributed by atoms with E-state index in [1.165, 1.54) is 0 Å². The maximum Gasteiger partial charge on any atom is 0.320 e. The number of ether oxygens (including phenoxy) is 1. The number of hydrogen-bond acceptors (Lipinski definition) is 4. The second-order valence-corrected chi connectivity index (χ2v) is 4.67. The summed E-state index contributed by atoms with van der Waals surface area (Å²) in [5.74, 6) is 0.234. The normalized spacial score (nSPS) is 24.5. The molecule has 1 heterocycles. The van der Waals surface area contributed by atoms with Crippen LogP contribution in [0.3, 0.4) is 0 Å². The maximum absolute atomic E-state index is 10.4. The fraction of sp³-hybridized carbons (Fsp3) is 0.889. The molecule has 0 aliphatic carbocycles. The molecule has 1 fully saturated rings. The van der Waals surface area contributed by atoms with Crippen molar-refractivity contribution in [2.45, 2.75) is 37.2 Å². The molecule has 14 heavy (non-hydrogen) atoms. The van der Waals surface area contributed by atoms with Crippen molar-refractivity contribution in [3.63, 3.8) is 0 Å². The van der Waals surface area contributed by atoms with Gasteiger partial charge < -0.3 is 15.6 Å².